The van der Waals surface area contributed by atoms with E-state index in [0.29, 0.717) is 5.69 Å². The van der Waals surface area contributed by atoms with Crippen molar-refractivity contribution in [1.29, 1.82) is 0 Å². The molecule has 0 saturated heterocycles. The lowest BCUT2D eigenvalue weighted by molar-refractivity contribution is -0.390. The van der Waals surface area contributed by atoms with Crippen LogP contribution in [0.1, 0.15) is 5.69 Å². The van der Waals surface area contributed by atoms with Crippen LogP contribution in [0.4, 0.5) is 10.2 Å². The van der Waals surface area contributed by atoms with Crippen LogP contribution in [0.25, 0.3) is 0 Å². The lowest BCUT2D eigenvalue weighted by Gasteiger charge is -2.09. The maximum absolute atomic E-state index is 13.5. The molecule has 0 bridgehead atoms. The second-order valence-corrected chi connectivity index (χ2v) is 4.74. The smallest absolute Gasteiger partial charge is 0.406 e. The van der Waals surface area contributed by atoms with E-state index in [2.05, 4.69) is 4.98 Å². The molecule has 0 fully saturated rings. The van der Waals surface area contributed by atoms with Crippen LogP contribution in [0.3, 0.4) is 0 Å². The van der Waals surface area contributed by atoms with Gasteiger partial charge in [0.25, 0.3) is 0 Å². The number of halogens is 2. The van der Waals surface area contributed by atoms with Gasteiger partial charge < -0.3 is 19.6 Å². The second kappa shape index (κ2) is 7.04. The first-order valence-corrected chi connectivity index (χ1v) is 6.68. The van der Waals surface area contributed by atoms with E-state index in [1.807, 2.05) is 0 Å². The van der Waals surface area contributed by atoms with Crippen molar-refractivity contribution in [3.8, 4) is 11.5 Å². The summed E-state index contributed by atoms with van der Waals surface area (Å²) in [5.74, 6) is -0.881. The van der Waals surface area contributed by atoms with Crippen molar-refractivity contribution in [2.75, 3.05) is 13.2 Å². The highest BCUT2D eigenvalue weighted by molar-refractivity contribution is 6.30. The van der Waals surface area contributed by atoms with Gasteiger partial charge in [-0.05, 0) is 40.2 Å². The molecule has 0 aliphatic rings. The Balaban J connectivity index is 1.93. The molecule has 116 valence electrons. The molecule has 1 heterocycles. The summed E-state index contributed by atoms with van der Waals surface area (Å²) < 4.78 is 23.9. The van der Waals surface area contributed by atoms with Crippen LogP contribution in [0.5, 0.6) is 11.5 Å². The van der Waals surface area contributed by atoms with Gasteiger partial charge in [-0.15, -0.1) is 0 Å². The Bertz CT molecular complexity index is 697. The molecule has 0 aliphatic heterocycles. The van der Waals surface area contributed by atoms with Gasteiger partial charge in [0.1, 0.15) is 18.9 Å². The Hall–Kier alpha value is -2.41. The van der Waals surface area contributed by atoms with Gasteiger partial charge in [0, 0.05) is 11.9 Å². The molecular weight excluding hydrogens is 315 g/mol. The summed E-state index contributed by atoms with van der Waals surface area (Å²) in [7, 11) is 0. The molecular formula is C14H12ClFN2O4. The molecule has 0 radical (unpaired) electrons. The molecule has 8 heteroatoms. The number of benzene rings is 1. The van der Waals surface area contributed by atoms with Crippen LogP contribution in [-0.4, -0.2) is 23.1 Å². The number of ether oxygens (including phenoxy) is 2. The maximum Gasteiger partial charge on any atom is 0.406 e. The van der Waals surface area contributed by atoms with Crippen molar-refractivity contribution in [2.24, 2.45) is 0 Å². The third-order valence-electron chi connectivity index (χ3n) is 2.64. The van der Waals surface area contributed by atoms with Crippen molar-refractivity contribution in [2.45, 2.75) is 6.92 Å². The Morgan fingerprint density at radius 3 is 2.50 bits per heavy atom. The number of nitro groups is 1. The first-order valence-electron chi connectivity index (χ1n) is 6.30. The highest BCUT2D eigenvalue weighted by Crippen LogP contribution is 2.24. The summed E-state index contributed by atoms with van der Waals surface area (Å²) in [6.07, 6.45) is 0. The van der Waals surface area contributed by atoms with Crippen molar-refractivity contribution < 1.29 is 18.8 Å². The number of aromatic nitrogens is 1. The highest BCUT2D eigenvalue weighted by atomic mass is 35.5. The molecule has 2 rings (SSSR count). The van der Waals surface area contributed by atoms with Crippen LogP contribution in [0.2, 0.25) is 5.02 Å². The van der Waals surface area contributed by atoms with E-state index in [1.54, 1.807) is 13.0 Å². The number of rotatable bonds is 6. The lowest BCUT2D eigenvalue weighted by atomic mass is 10.3. The van der Waals surface area contributed by atoms with E-state index in [0.717, 1.165) is 6.07 Å². The van der Waals surface area contributed by atoms with Gasteiger partial charge in [0.05, 0.1) is 0 Å². The summed E-state index contributed by atoms with van der Waals surface area (Å²) >= 11 is 5.63. The van der Waals surface area contributed by atoms with Gasteiger partial charge in [0.2, 0.25) is 5.75 Å². The van der Waals surface area contributed by atoms with E-state index >= 15 is 0 Å². The molecule has 22 heavy (non-hydrogen) atoms. The van der Waals surface area contributed by atoms with Gasteiger partial charge in [-0.1, -0.05) is 11.6 Å². The van der Waals surface area contributed by atoms with E-state index in [4.69, 9.17) is 21.1 Å². The number of aryl methyl sites for hydroxylation is 1. The number of hydrogen-bond acceptors (Lipinski definition) is 5. The zero-order valence-electron chi connectivity index (χ0n) is 11.6. The molecule has 6 nitrogen and oxygen atoms in total. The minimum atomic E-state index is -0.623. The van der Waals surface area contributed by atoms with Crippen LogP contribution >= 0.6 is 11.6 Å². The number of hydrogen-bond donors (Lipinski definition) is 0. The summed E-state index contributed by atoms with van der Waals surface area (Å²) in [5, 5.41) is 11.1. The molecule has 1 aromatic heterocycles. The predicted octanol–water partition coefficient (Wildman–Crippen LogP) is 3.55. The first kappa shape index (κ1) is 16.0. The second-order valence-electron chi connectivity index (χ2n) is 4.30. The zero-order chi connectivity index (χ0) is 16.1. The fraction of sp³-hybridized carbons (Fsp3) is 0.214. The molecule has 0 unspecified atom stereocenters. The standard InChI is InChI=1S/C14H12ClFN2O4/c1-9-2-4-13(14(17-9)18(19)20)22-7-6-21-12-5-3-10(15)8-11(12)16/h2-5,8H,6-7H2,1H3. The van der Waals surface area contributed by atoms with E-state index in [-0.39, 0.29) is 35.6 Å². The van der Waals surface area contributed by atoms with Crippen molar-refractivity contribution >= 4 is 17.4 Å². The minimum absolute atomic E-state index is 0.00759. The van der Waals surface area contributed by atoms with Gasteiger partial charge in [-0.2, -0.15) is 0 Å². The van der Waals surface area contributed by atoms with E-state index < -0.39 is 10.7 Å². The average Bonchev–Trinajstić information content (AvgIpc) is 2.46. The summed E-state index contributed by atoms with van der Waals surface area (Å²) in [4.78, 5) is 14.0. The third-order valence-corrected chi connectivity index (χ3v) is 2.88. The fourth-order valence-corrected chi connectivity index (χ4v) is 1.83. The zero-order valence-corrected chi connectivity index (χ0v) is 12.3. The van der Waals surface area contributed by atoms with Crippen LogP contribution in [-0.2, 0) is 0 Å². The normalized spacial score (nSPS) is 10.3. The quantitative estimate of drug-likeness (QED) is 0.461. The van der Waals surface area contributed by atoms with E-state index in [9.17, 15) is 14.5 Å². The highest BCUT2D eigenvalue weighted by Gasteiger charge is 2.17. The SMILES string of the molecule is Cc1ccc(OCCOc2ccc(Cl)cc2F)c([N+](=O)[O-])n1. The summed E-state index contributed by atoms with van der Waals surface area (Å²) in [6.45, 7) is 1.67. The van der Waals surface area contributed by atoms with Crippen molar-refractivity contribution in [3.05, 3.63) is 57.0 Å². The minimum Gasteiger partial charge on any atom is -0.487 e. The topological polar surface area (TPSA) is 74.5 Å². The summed E-state index contributed by atoms with van der Waals surface area (Å²) in [5.41, 5.74) is 0.513. The molecule has 0 amide bonds. The summed E-state index contributed by atoms with van der Waals surface area (Å²) in [6, 6.07) is 7.08. The molecule has 0 N–H and O–H groups in total. The average molecular weight is 327 g/mol. The molecule has 0 atom stereocenters. The molecule has 0 spiro atoms. The van der Waals surface area contributed by atoms with Crippen molar-refractivity contribution in [1.82, 2.24) is 4.98 Å². The van der Waals surface area contributed by atoms with E-state index in [1.165, 1.54) is 18.2 Å². The molecule has 0 aliphatic carbocycles. The molecule has 2 aromatic rings. The van der Waals surface area contributed by atoms with Gasteiger partial charge in [-0.3, -0.25) is 0 Å². The fourth-order valence-electron chi connectivity index (χ4n) is 1.67. The monoisotopic (exact) mass is 326 g/mol. The number of nitrogens with zero attached hydrogens (tertiary/aromatic N) is 2. The van der Waals surface area contributed by atoms with Gasteiger partial charge >= 0.3 is 5.82 Å². The Morgan fingerprint density at radius 2 is 1.86 bits per heavy atom. The van der Waals surface area contributed by atoms with Crippen molar-refractivity contribution in [3.63, 3.8) is 0 Å². The molecule has 0 saturated carbocycles. The Morgan fingerprint density at radius 1 is 1.23 bits per heavy atom. The van der Waals surface area contributed by atoms with Gasteiger partial charge in [0.15, 0.2) is 11.6 Å². The number of pyridine rings is 1. The maximum atomic E-state index is 13.5. The van der Waals surface area contributed by atoms with Crippen LogP contribution in [0.15, 0.2) is 30.3 Å². The predicted molar refractivity (Wildman–Crippen MR) is 78.0 cm³/mol. The largest absolute Gasteiger partial charge is 0.487 e. The Labute approximate surface area is 130 Å². The first-order chi connectivity index (χ1) is 10.5. The Kier molecular flexibility index (Phi) is 5.11. The lowest BCUT2D eigenvalue weighted by Crippen LogP contribution is -2.11. The van der Waals surface area contributed by atoms with Gasteiger partial charge in [-0.25, -0.2) is 4.39 Å². The third kappa shape index (κ3) is 4.05. The van der Waals surface area contributed by atoms with Crippen LogP contribution < -0.4 is 9.47 Å². The molecule has 1 aromatic carbocycles. The van der Waals surface area contributed by atoms with Crippen LogP contribution in [0, 0.1) is 22.9 Å².